The van der Waals surface area contributed by atoms with E-state index in [0.29, 0.717) is 30.7 Å². The number of hydrogen-bond acceptors (Lipinski definition) is 8. The first-order valence-corrected chi connectivity index (χ1v) is 12.0. The highest BCUT2D eigenvalue weighted by atomic mass is 16.7. The molecule has 10 nitrogen and oxygen atoms in total. The minimum Gasteiger partial charge on any atom is -0.453 e. The largest absolute Gasteiger partial charge is 0.453 e. The summed E-state index contributed by atoms with van der Waals surface area (Å²) in [5.74, 6) is -1.28. The van der Waals surface area contributed by atoms with Crippen LogP contribution in [0.5, 0.6) is 0 Å². The van der Waals surface area contributed by atoms with Crippen LogP contribution >= 0.6 is 0 Å². The maximum absolute atomic E-state index is 12.8. The lowest BCUT2D eigenvalue weighted by molar-refractivity contribution is -0.291. The van der Waals surface area contributed by atoms with E-state index in [1.165, 1.54) is 0 Å². The Morgan fingerprint density at radius 3 is 2.06 bits per heavy atom. The molecule has 1 saturated heterocycles. The van der Waals surface area contributed by atoms with Gasteiger partial charge in [0.15, 0.2) is 18.5 Å². The normalized spacial score (nSPS) is 23.3. The van der Waals surface area contributed by atoms with Crippen LogP contribution in [0.15, 0.2) is 65.8 Å². The zero-order chi connectivity index (χ0) is 25.8. The van der Waals surface area contributed by atoms with Gasteiger partial charge in [-0.1, -0.05) is 54.4 Å². The fraction of sp³-hybridized carbons (Fsp3) is 0.462. The molecule has 0 aromatic heterocycles. The van der Waals surface area contributed by atoms with Gasteiger partial charge in [-0.3, -0.25) is 0 Å². The third-order valence-electron chi connectivity index (χ3n) is 5.76. The number of hydrogen-bond donors (Lipinski definition) is 1. The van der Waals surface area contributed by atoms with Gasteiger partial charge in [0.05, 0.1) is 17.2 Å². The van der Waals surface area contributed by atoms with Crippen molar-refractivity contribution in [2.45, 2.75) is 63.3 Å². The van der Waals surface area contributed by atoms with Crippen molar-refractivity contribution >= 4 is 11.9 Å². The van der Waals surface area contributed by atoms with Crippen molar-refractivity contribution in [2.24, 2.45) is 5.11 Å². The summed E-state index contributed by atoms with van der Waals surface area (Å²) in [7, 11) is 0. The molecule has 0 saturated carbocycles. The molecular weight excluding hydrogens is 466 g/mol. The van der Waals surface area contributed by atoms with Crippen LogP contribution in [0.2, 0.25) is 0 Å². The SMILES string of the molecule is CC1OC(OCCCCCCN=[N+]=[N-])C(OC(=O)c2ccccc2)C(O)C1OC(=O)c1ccccc1. The van der Waals surface area contributed by atoms with E-state index >= 15 is 0 Å². The number of ether oxygens (including phenoxy) is 4. The van der Waals surface area contributed by atoms with E-state index in [4.69, 9.17) is 24.5 Å². The van der Waals surface area contributed by atoms with Crippen molar-refractivity contribution in [3.05, 3.63) is 82.2 Å². The Labute approximate surface area is 209 Å². The Morgan fingerprint density at radius 2 is 1.47 bits per heavy atom. The standard InChI is InChI=1S/C26H31N3O7/c1-18-22(35-24(31)19-12-6-4-7-13-19)21(30)23(36-25(32)20-14-8-5-9-15-20)26(34-18)33-17-11-3-2-10-16-28-29-27/h4-9,12-15,18,21-23,26,30H,2-3,10-11,16-17H2,1H3. The maximum atomic E-state index is 12.8. The van der Waals surface area contributed by atoms with Crippen molar-refractivity contribution in [3.8, 4) is 0 Å². The number of benzene rings is 2. The van der Waals surface area contributed by atoms with Crippen LogP contribution in [0.25, 0.3) is 10.4 Å². The average Bonchev–Trinajstić information content (AvgIpc) is 2.90. The minimum absolute atomic E-state index is 0.305. The number of esters is 2. The van der Waals surface area contributed by atoms with Gasteiger partial charge in [-0.15, -0.1) is 0 Å². The van der Waals surface area contributed by atoms with E-state index in [9.17, 15) is 14.7 Å². The monoisotopic (exact) mass is 497 g/mol. The zero-order valence-corrected chi connectivity index (χ0v) is 20.1. The molecule has 0 bridgehead atoms. The van der Waals surface area contributed by atoms with Gasteiger partial charge in [-0.2, -0.15) is 0 Å². The molecule has 5 unspecified atom stereocenters. The highest BCUT2D eigenvalue weighted by Gasteiger charge is 2.48. The van der Waals surface area contributed by atoms with Gasteiger partial charge < -0.3 is 24.1 Å². The molecule has 0 radical (unpaired) electrons. The summed E-state index contributed by atoms with van der Waals surface area (Å²) in [6, 6.07) is 16.8. The van der Waals surface area contributed by atoms with Crippen molar-refractivity contribution in [1.29, 1.82) is 0 Å². The van der Waals surface area contributed by atoms with Crippen molar-refractivity contribution < 1.29 is 33.6 Å². The van der Waals surface area contributed by atoms with Crippen molar-refractivity contribution in [3.63, 3.8) is 0 Å². The van der Waals surface area contributed by atoms with E-state index in [0.717, 1.165) is 19.3 Å². The second kappa shape index (κ2) is 14.2. The highest BCUT2D eigenvalue weighted by Crippen LogP contribution is 2.28. The summed E-state index contributed by atoms with van der Waals surface area (Å²) in [6.07, 6.45) is -2.22. The molecule has 36 heavy (non-hydrogen) atoms. The summed E-state index contributed by atoms with van der Waals surface area (Å²) < 4.78 is 23.0. The Morgan fingerprint density at radius 1 is 0.917 bits per heavy atom. The van der Waals surface area contributed by atoms with Gasteiger partial charge in [0.1, 0.15) is 6.10 Å². The molecule has 10 heteroatoms. The first kappa shape index (κ1) is 27.2. The quantitative estimate of drug-likeness (QED) is 0.150. The predicted octanol–water partition coefficient (Wildman–Crippen LogP) is 4.43. The molecule has 3 rings (SSSR count). The van der Waals surface area contributed by atoms with Gasteiger partial charge in [-0.05, 0) is 49.6 Å². The van der Waals surface area contributed by atoms with Crippen molar-refractivity contribution in [2.75, 3.05) is 13.2 Å². The molecular formula is C26H31N3O7. The first-order chi connectivity index (χ1) is 17.5. The number of carbonyl (C=O) groups is 2. The molecule has 2 aromatic carbocycles. The number of aliphatic hydroxyl groups is 1. The Hall–Kier alpha value is -3.43. The second-order valence-corrected chi connectivity index (χ2v) is 8.41. The number of unbranched alkanes of at least 4 members (excludes halogenated alkanes) is 3. The molecule has 1 heterocycles. The van der Waals surface area contributed by atoms with Crippen molar-refractivity contribution in [1.82, 2.24) is 0 Å². The molecule has 5 atom stereocenters. The Bertz CT molecular complexity index is 1010. The molecule has 0 amide bonds. The molecule has 2 aromatic rings. The molecule has 1 N–H and O–H groups in total. The second-order valence-electron chi connectivity index (χ2n) is 8.41. The summed E-state index contributed by atoms with van der Waals surface area (Å²) in [5, 5.41) is 14.6. The van der Waals surface area contributed by atoms with Gasteiger partial charge >= 0.3 is 11.9 Å². The van der Waals surface area contributed by atoms with E-state index in [1.54, 1.807) is 67.6 Å². The lowest BCUT2D eigenvalue weighted by Crippen LogP contribution is -2.60. The van der Waals surface area contributed by atoms with Crippen LogP contribution in [0.1, 0.15) is 53.3 Å². The third-order valence-corrected chi connectivity index (χ3v) is 5.76. The molecule has 0 aliphatic carbocycles. The lowest BCUT2D eigenvalue weighted by Gasteiger charge is -2.42. The van der Waals surface area contributed by atoms with E-state index in [1.807, 2.05) is 0 Å². The summed E-state index contributed by atoms with van der Waals surface area (Å²) in [6.45, 7) is 2.42. The molecule has 1 aliphatic heterocycles. The average molecular weight is 498 g/mol. The predicted molar refractivity (Wildman–Crippen MR) is 130 cm³/mol. The number of carbonyl (C=O) groups excluding carboxylic acids is 2. The van der Waals surface area contributed by atoms with Crippen LogP contribution in [0.4, 0.5) is 0 Å². The van der Waals surface area contributed by atoms with E-state index in [2.05, 4.69) is 10.0 Å². The van der Waals surface area contributed by atoms with Gasteiger partial charge in [0, 0.05) is 18.1 Å². The number of nitrogens with zero attached hydrogens (tertiary/aromatic N) is 3. The summed E-state index contributed by atoms with van der Waals surface area (Å²) in [5.41, 5.74) is 8.95. The van der Waals surface area contributed by atoms with Gasteiger partial charge in [-0.25, -0.2) is 9.59 Å². The van der Waals surface area contributed by atoms with Crippen LogP contribution in [-0.2, 0) is 18.9 Å². The lowest BCUT2D eigenvalue weighted by atomic mass is 9.99. The van der Waals surface area contributed by atoms with Gasteiger partial charge in [0.2, 0.25) is 0 Å². The molecule has 1 fully saturated rings. The first-order valence-electron chi connectivity index (χ1n) is 12.0. The fourth-order valence-electron chi connectivity index (χ4n) is 3.83. The molecule has 1 aliphatic rings. The number of aliphatic hydroxyl groups excluding tert-OH is 1. The summed E-state index contributed by atoms with van der Waals surface area (Å²) in [4.78, 5) is 28.1. The minimum atomic E-state index is -1.37. The maximum Gasteiger partial charge on any atom is 0.338 e. The topological polar surface area (TPSA) is 140 Å². The Balaban J connectivity index is 1.65. The van der Waals surface area contributed by atoms with E-state index < -0.39 is 42.6 Å². The molecule has 0 spiro atoms. The Kier molecular flexibility index (Phi) is 10.7. The third kappa shape index (κ3) is 7.79. The highest BCUT2D eigenvalue weighted by molar-refractivity contribution is 5.90. The molecule has 192 valence electrons. The number of azide groups is 1. The van der Waals surface area contributed by atoms with Gasteiger partial charge in [0.25, 0.3) is 0 Å². The van der Waals surface area contributed by atoms with E-state index in [-0.39, 0.29) is 0 Å². The van der Waals surface area contributed by atoms with Crippen LogP contribution in [0.3, 0.4) is 0 Å². The zero-order valence-electron chi connectivity index (χ0n) is 20.1. The van der Waals surface area contributed by atoms with Crippen LogP contribution in [0, 0.1) is 0 Å². The van der Waals surface area contributed by atoms with Crippen LogP contribution in [-0.4, -0.2) is 60.9 Å². The van der Waals surface area contributed by atoms with Crippen LogP contribution < -0.4 is 0 Å². The number of rotatable bonds is 12. The summed E-state index contributed by atoms with van der Waals surface area (Å²) >= 11 is 0. The fourth-order valence-corrected chi connectivity index (χ4v) is 3.83. The smallest absolute Gasteiger partial charge is 0.338 e.